The normalized spacial score (nSPS) is 17.7. The average Bonchev–Trinajstić information content (AvgIpc) is 3.13. The number of nitrogens with zero attached hydrogens (tertiary/aromatic N) is 4. The van der Waals surface area contributed by atoms with Crippen LogP contribution in [0.5, 0.6) is 0 Å². The largest absolute Gasteiger partial charge is 0.444 e. The maximum absolute atomic E-state index is 12.5. The van der Waals surface area contributed by atoms with E-state index >= 15 is 0 Å². The molecule has 32 heavy (non-hydrogen) atoms. The first-order valence-corrected chi connectivity index (χ1v) is 11.9. The van der Waals surface area contributed by atoms with Crippen molar-refractivity contribution < 1.29 is 9.53 Å². The van der Waals surface area contributed by atoms with Crippen LogP contribution < -0.4 is 5.32 Å². The van der Waals surface area contributed by atoms with Gasteiger partial charge in [-0.2, -0.15) is 5.10 Å². The molecule has 1 unspecified atom stereocenters. The number of hydrogen-bond donors (Lipinski definition) is 1. The van der Waals surface area contributed by atoms with Crippen molar-refractivity contribution in [2.75, 3.05) is 13.1 Å². The summed E-state index contributed by atoms with van der Waals surface area (Å²) in [5.74, 6) is 1.94. The highest BCUT2D eigenvalue weighted by molar-refractivity contribution is 5.68. The third-order valence-electron chi connectivity index (χ3n) is 6.06. The molecule has 176 valence electrons. The second-order valence-corrected chi connectivity index (χ2v) is 9.83. The van der Waals surface area contributed by atoms with Gasteiger partial charge in [0.2, 0.25) is 0 Å². The third-order valence-corrected chi connectivity index (χ3v) is 6.06. The van der Waals surface area contributed by atoms with Crippen LogP contribution in [-0.4, -0.2) is 50.5 Å². The van der Waals surface area contributed by atoms with Crippen LogP contribution in [0.2, 0.25) is 0 Å². The fourth-order valence-electron chi connectivity index (χ4n) is 4.48. The zero-order chi connectivity index (χ0) is 23.3. The van der Waals surface area contributed by atoms with Crippen LogP contribution in [0.15, 0.2) is 30.3 Å². The van der Waals surface area contributed by atoms with Crippen LogP contribution in [-0.2, 0) is 11.2 Å². The first-order valence-electron chi connectivity index (χ1n) is 11.9. The fraction of sp³-hybridized carbons (Fsp3) is 0.640. The van der Waals surface area contributed by atoms with Crippen LogP contribution >= 0.6 is 0 Å². The van der Waals surface area contributed by atoms with Gasteiger partial charge in [-0.15, -0.1) is 0 Å². The standard InChI is InChI=1S/C25H39N5O2/c1-7-23-26-19(3)28-30(23)21-13-15-29(16-14-21)18(2)17-22(20-11-9-8-10-12-20)27-24(31)32-25(4,5)6/h8-12,18,21-22H,7,13-17H2,1-6H3,(H,27,31)/t18?,22-/m0/s1. The lowest BCUT2D eigenvalue weighted by Gasteiger charge is -2.37. The molecule has 1 aromatic heterocycles. The molecule has 0 spiro atoms. The smallest absolute Gasteiger partial charge is 0.408 e. The van der Waals surface area contributed by atoms with Crippen molar-refractivity contribution in [3.63, 3.8) is 0 Å². The summed E-state index contributed by atoms with van der Waals surface area (Å²) in [6, 6.07) is 10.8. The van der Waals surface area contributed by atoms with Gasteiger partial charge in [-0.05, 0) is 59.4 Å². The average molecular weight is 442 g/mol. The minimum absolute atomic E-state index is 0.0940. The van der Waals surface area contributed by atoms with Crippen molar-refractivity contribution in [2.45, 2.75) is 91.0 Å². The number of likely N-dealkylation sites (tertiary alicyclic amines) is 1. The molecule has 7 nitrogen and oxygen atoms in total. The SMILES string of the molecule is CCc1nc(C)nn1C1CCN(C(C)C[C@H](NC(=O)OC(C)(C)C)c2ccccc2)CC1. The number of aryl methyl sites for hydroxylation is 2. The molecule has 1 aliphatic rings. The van der Waals surface area contributed by atoms with Crippen molar-refractivity contribution in [1.82, 2.24) is 25.0 Å². The van der Waals surface area contributed by atoms with Crippen LogP contribution in [0.4, 0.5) is 4.79 Å². The summed E-state index contributed by atoms with van der Waals surface area (Å²) in [5, 5.41) is 7.75. The molecule has 1 saturated heterocycles. The second kappa shape index (κ2) is 10.5. The highest BCUT2D eigenvalue weighted by atomic mass is 16.6. The lowest BCUT2D eigenvalue weighted by Crippen LogP contribution is -2.43. The number of aromatic nitrogens is 3. The number of amides is 1. The molecule has 3 rings (SSSR count). The van der Waals surface area contributed by atoms with E-state index in [1.54, 1.807) is 0 Å². The van der Waals surface area contributed by atoms with Gasteiger partial charge in [0.25, 0.3) is 0 Å². The van der Waals surface area contributed by atoms with E-state index in [9.17, 15) is 4.79 Å². The van der Waals surface area contributed by atoms with Crippen molar-refractivity contribution in [3.05, 3.63) is 47.5 Å². The number of carbonyl (C=O) groups is 1. The summed E-state index contributed by atoms with van der Waals surface area (Å²) in [4.78, 5) is 19.6. The lowest BCUT2D eigenvalue weighted by atomic mass is 9.97. The first-order chi connectivity index (χ1) is 15.2. The Labute approximate surface area is 192 Å². The highest BCUT2D eigenvalue weighted by Crippen LogP contribution is 2.28. The van der Waals surface area contributed by atoms with Gasteiger partial charge in [0, 0.05) is 25.6 Å². The number of piperidine rings is 1. The first kappa shape index (κ1) is 24.2. The molecular formula is C25H39N5O2. The van der Waals surface area contributed by atoms with E-state index in [0.717, 1.165) is 56.0 Å². The van der Waals surface area contributed by atoms with Gasteiger partial charge < -0.3 is 15.0 Å². The van der Waals surface area contributed by atoms with Gasteiger partial charge in [-0.3, -0.25) is 0 Å². The van der Waals surface area contributed by atoms with Gasteiger partial charge in [-0.1, -0.05) is 37.3 Å². The van der Waals surface area contributed by atoms with E-state index in [1.807, 2.05) is 45.9 Å². The third kappa shape index (κ3) is 6.55. The van der Waals surface area contributed by atoms with Crippen LogP contribution in [0.3, 0.4) is 0 Å². The van der Waals surface area contributed by atoms with Crippen molar-refractivity contribution in [2.24, 2.45) is 0 Å². The Morgan fingerprint density at radius 1 is 1.22 bits per heavy atom. The molecule has 0 radical (unpaired) electrons. The van der Waals surface area contributed by atoms with E-state index in [4.69, 9.17) is 4.74 Å². The number of rotatable bonds is 7. The number of carbonyl (C=O) groups excluding carboxylic acids is 1. The van der Waals surface area contributed by atoms with Crippen LogP contribution in [0, 0.1) is 6.92 Å². The molecule has 1 N–H and O–H groups in total. The Hall–Kier alpha value is -2.41. The van der Waals surface area contributed by atoms with Crippen molar-refractivity contribution in [1.29, 1.82) is 0 Å². The number of benzene rings is 1. The zero-order valence-electron chi connectivity index (χ0n) is 20.5. The number of ether oxygens (including phenoxy) is 1. The lowest BCUT2D eigenvalue weighted by molar-refractivity contribution is 0.0486. The molecule has 0 aliphatic carbocycles. The van der Waals surface area contributed by atoms with E-state index in [1.165, 1.54) is 0 Å². The van der Waals surface area contributed by atoms with Crippen LogP contribution in [0.25, 0.3) is 0 Å². The van der Waals surface area contributed by atoms with E-state index in [-0.39, 0.29) is 12.1 Å². The van der Waals surface area contributed by atoms with E-state index in [0.29, 0.717) is 12.1 Å². The van der Waals surface area contributed by atoms with E-state index < -0.39 is 5.60 Å². The predicted molar refractivity (Wildman–Crippen MR) is 127 cm³/mol. The van der Waals surface area contributed by atoms with Crippen LogP contribution in [0.1, 0.15) is 83.2 Å². The Morgan fingerprint density at radius 2 is 1.88 bits per heavy atom. The highest BCUT2D eigenvalue weighted by Gasteiger charge is 2.28. The Morgan fingerprint density at radius 3 is 2.47 bits per heavy atom. The molecule has 2 heterocycles. The van der Waals surface area contributed by atoms with Gasteiger partial charge >= 0.3 is 6.09 Å². The Bertz CT molecular complexity index is 866. The minimum atomic E-state index is -0.518. The molecule has 1 amide bonds. The zero-order valence-corrected chi connectivity index (χ0v) is 20.5. The summed E-state index contributed by atoms with van der Waals surface area (Å²) in [6.45, 7) is 14.0. The molecule has 0 saturated carbocycles. The quantitative estimate of drug-likeness (QED) is 0.666. The molecule has 1 aliphatic heterocycles. The summed E-state index contributed by atoms with van der Waals surface area (Å²) in [7, 11) is 0. The van der Waals surface area contributed by atoms with Gasteiger partial charge in [0.15, 0.2) is 0 Å². The van der Waals surface area contributed by atoms with Gasteiger partial charge in [0.05, 0.1) is 12.1 Å². The number of nitrogens with one attached hydrogen (secondary N) is 1. The molecule has 7 heteroatoms. The molecule has 1 aromatic carbocycles. The summed E-state index contributed by atoms with van der Waals surface area (Å²) in [5.41, 5.74) is 0.585. The number of alkyl carbamates (subject to hydrolysis) is 1. The molecular weight excluding hydrogens is 402 g/mol. The molecule has 1 fully saturated rings. The topological polar surface area (TPSA) is 72.3 Å². The molecule has 2 aromatic rings. The second-order valence-electron chi connectivity index (χ2n) is 9.83. The molecule has 0 bridgehead atoms. The Kier molecular flexibility index (Phi) is 7.93. The monoisotopic (exact) mass is 441 g/mol. The fourth-order valence-corrected chi connectivity index (χ4v) is 4.48. The molecule has 2 atom stereocenters. The maximum atomic E-state index is 12.5. The summed E-state index contributed by atoms with van der Waals surface area (Å²) >= 11 is 0. The predicted octanol–water partition coefficient (Wildman–Crippen LogP) is 4.83. The number of hydrogen-bond acceptors (Lipinski definition) is 5. The summed E-state index contributed by atoms with van der Waals surface area (Å²) in [6.07, 6.45) is 3.50. The van der Waals surface area contributed by atoms with Gasteiger partial charge in [-0.25, -0.2) is 14.5 Å². The van der Waals surface area contributed by atoms with Gasteiger partial charge in [0.1, 0.15) is 17.2 Å². The Balaban J connectivity index is 1.62. The maximum Gasteiger partial charge on any atom is 0.408 e. The minimum Gasteiger partial charge on any atom is -0.444 e. The summed E-state index contributed by atoms with van der Waals surface area (Å²) < 4.78 is 7.67. The van der Waals surface area contributed by atoms with E-state index in [2.05, 4.69) is 51.0 Å². The van der Waals surface area contributed by atoms with Crippen molar-refractivity contribution >= 4 is 6.09 Å². The van der Waals surface area contributed by atoms with Crippen molar-refractivity contribution in [3.8, 4) is 0 Å².